The fourth-order valence-electron chi connectivity index (χ4n) is 3.99. The van der Waals surface area contributed by atoms with E-state index in [1.54, 1.807) is 0 Å². The first kappa shape index (κ1) is 25.1. The zero-order chi connectivity index (χ0) is 24.9. The molecule has 2 heterocycles. The van der Waals surface area contributed by atoms with Crippen molar-refractivity contribution in [2.24, 2.45) is 0 Å². The lowest BCUT2D eigenvalue weighted by Gasteiger charge is -2.45. The van der Waals surface area contributed by atoms with Gasteiger partial charge in [-0.1, -0.05) is 47.5 Å². The molecule has 1 saturated heterocycles. The molecule has 0 bridgehead atoms. The van der Waals surface area contributed by atoms with Crippen LogP contribution in [0.5, 0.6) is 0 Å². The minimum Gasteiger partial charge on any atom is -0.296 e. The van der Waals surface area contributed by atoms with E-state index in [4.69, 9.17) is 28.0 Å². The van der Waals surface area contributed by atoms with E-state index in [1.165, 1.54) is 35.2 Å². The SMILES string of the molecule is FC(F)(F)CCN1CC(F)(c2ccc(C3=CC(c4cc(Cl)cc(Cl)c4)(C(F)(F)F)ON3)cc2)C1. The fraction of sp³-hybridized carbons (Fsp3) is 0.364. The molecule has 0 aliphatic carbocycles. The van der Waals surface area contributed by atoms with Crippen molar-refractivity contribution in [2.75, 3.05) is 19.6 Å². The van der Waals surface area contributed by atoms with Gasteiger partial charge in [-0.05, 0) is 35.4 Å². The van der Waals surface area contributed by atoms with Gasteiger partial charge in [0.2, 0.25) is 5.60 Å². The number of nitrogens with one attached hydrogen (secondary N) is 1. The van der Waals surface area contributed by atoms with Gasteiger partial charge in [0.1, 0.15) is 0 Å². The Balaban J connectivity index is 1.54. The highest BCUT2D eigenvalue weighted by Gasteiger charge is 2.59. The number of hydrogen-bond donors (Lipinski definition) is 1. The van der Waals surface area contributed by atoms with Crippen molar-refractivity contribution in [3.8, 4) is 0 Å². The molecule has 184 valence electrons. The molecule has 2 aromatic carbocycles. The summed E-state index contributed by atoms with van der Waals surface area (Å²) in [6.45, 7) is -0.688. The zero-order valence-electron chi connectivity index (χ0n) is 17.2. The monoisotopic (exact) mass is 528 g/mol. The molecule has 0 spiro atoms. The Kier molecular flexibility index (Phi) is 6.33. The molecule has 4 rings (SSSR count). The fourth-order valence-corrected chi connectivity index (χ4v) is 4.52. The lowest BCUT2D eigenvalue weighted by atomic mass is 9.87. The maximum atomic E-state index is 15.0. The van der Waals surface area contributed by atoms with Gasteiger partial charge in [-0.2, -0.15) is 26.3 Å². The third kappa shape index (κ3) is 4.86. The summed E-state index contributed by atoms with van der Waals surface area (Å²) >= 11 is 11.8. The second-order valence-electron chi connectivity index (χ2n) is 8.27. The smallest absolute Gasteiger partial charge is 0.296 e. The summed E-state index contributed by atoms with van der Waals surface area (Å²) in [6, 6.07) is 9.09. The number of nitrogens with zero attached hydrogens (tertiary/aromatic N) is 1. The van der Waals surface area contributed by atoms with Gasteiger partial charge in [0.05, 0.1) is 12.1 Å². The quantitative estimate of drug-likeness (QED) is 0.434. The van der Waals surface area contributed by atoms with E-state index in [0.717, 1.165) is 18.2 Å². The summed E-state index contributed by atoms with van der Waals surface area (Å²) in [4.78, 5) is 6.36. The van der Waals surface area contributed by atoms with Crippen LogP contribution in [0.4, 0.5) is 30.7 Å². The molecule has 1 N–H and O–H groups in total. The number of hydrogen-bond acceptors (Lipinski definition) is 3. The number of hydroxylamine groups is 1. The predicted molar refractivity (Wildman–Crippen MR) is 113 cm³/mol. The summed E-state index contributed by atoms with van der Waals surface area (Å²) in [5.74, 6) is 0. The molecule has 0 radical (unpaired) electrons. The Bertz CT molecular complexity index is 1080. The maximum absolute atomic E-state index is 15.0. The van der Waals surface area contributed by atoms with Crippen LogP contribution in [0.1, 0.15) is 23.1 Å². The van der Waals surface area contributed by atoms with E-state index in [-0.39, 0.29) is 46.5 Å². The molecule has 1 fully saturated rings. The Morgan fingerprint density at radius 1 is 0.912 bits per heavy atom. The van der Waals surface area contributed by atoms with Crippen LogP contribution in [0.15, 0.2) is 48.5 Å². The molecule has 3 nitrogen and oxygen atoms in total. The second kappa shape index (κ2) is 8.58. The Morgan fingerprint density at radius 2 is 1.50 bits per heavy atom. The molecule has 2 aliphatic rings. The standard InChI is InChI=1S/C22H17Cl2F7N2O/c23-16-7-15(8-17(24)9-16)20(22(29,30)31)10-18(32-34-20)13-1-3-14(4-2-13)19(25)11-33(12-19)6-5-21(26,27)28/h1-4,7-10,32H,5-6,11-12H2. The van der Waals surface area contributed by atoms with Crippen LogP contribution in [0, 0.1) is 0 Å². The zero-order valence-corrected chi connectivity index (χ0v) is 18.7. The summed E-state index contributed by atoms with van der Waals surface area (Å²) < 4.78 is 94.3. The number of rotatable bonds is 5. The number of halogens is 9. The van der Waals surface area contributed by atoms with Gasteiger partial charge in [-0.15, -0.1) is 0 Å². The molecule has 1 atom stereocenters. The van der Waals surface area contributed by atoms with Crippen molar-refractivity contribution in [3.63, 3.8) is 0 Å². The molecule has 0 saturated carbocycles. The number of likely N-dealkylation sites (tertiary alicyclic amines) is 1. The Labute approximate surface area is 200 Å². The van der Waals surface area contributed by atoms with Gasteiger partial charge in [-0.25, -0.2) is 4.39 Å². The van der Waals surface area contributed by atoms with Gasteiger partial charge < -0.3 is 0 Å². The predicted octanol–water partition coefficient (Wildman–Crippen LogP) is 6.76. The molecule has 12 heteroatoms. The third-order valence-electron chi connectivity index (χ3n) is 5.76. The molecule has 34 heavy (non-hydrogen) atoms. The highest BCUT2D eigenvalue weighted by molar-refractivity contribution is 6.34. The second-order valence-corrected chi connectivity index (χ2v) is 9.15. The maximum Gasteiger partial charge on any atom is 0.428 e. The molecular weight excluding hydrogens is 512 g/mol. The van der Waals surface area contributed by atoms with Crippen molar-refractivity contribution in [2.45, 2.75) is 30.0 Å². The van der Waals surface area contributed by atoms with E-state index >= 15 is 4.39 Å². The van der Waals surface area contributed by atoms with Crippen molar-refractivity contribution in [3.05, 3.63) is 75.3 Å². The van der Waals surface area contributed by atoms with Gasteiger partial charge in [0.25, 0.3) is 0 Å². The Morgan fingerprint density at radius 3 is 2.03 bits per heavy atom. The lowest BCUT2D eigenvalue weighted by molar-refractivity contribution is -0.269. The molecule has 2 aliphatic heterocycles. The van der Waals surface area contributed by atoms with E-state index < -0.39 is 30.0 Å². The highest BCUT2D eigenvalue weighted by atomic mass is 35.5. The average Bonchev–Trinajstić information content (AvgIpc) is 3.16. The first-order valence-electron chi connectivity index (χ1n) is 10.00. The van der Waals surface area contributed by atoms with Crippen molar-refractivity contribution < 1.29 is 35.6 Å². The van der Waals surface area contributed by atoms with Crippen LogP contribution in [0.25, 0.3) is 5.70 Å². The van der Waals surface area contributed by atoms with E-state index in [2.05, 4.69) is 5.48 Å². The van der Waals surface area contributed by atoms with Crippen LogP contribution >= 0.6 is 23.2 Å². The van der Waals surface area contributed by atoms with Crippen LogP contribution < -0.4 is 5.48 Å². The molecule has 1 unspecified atom stereocenters. The van der Waals surface area contributed by atoms with Crippen molar-refractivity contribution in [1.82, 2.24) is 10.4 Å². The van der Waals surface area contributed by atoms with Gasteiger partial charge >= 0.3 is 12.4 Å². The third-order valence-corrected chi connectivity index (χ3v) is 6.19. The topological polar surface area (TPSA) is 24.5 Å². The van der Waals surface area contributed by atoms with Crippen LogP contribution in [-0.4, -0.2) is 36.9 Å². The largest absolute Gasteiger partial charge is 0.428 e. The normalized spacial score (nSPS) is 22.8. The first-order chi connectivity index (χ1) is 15.7. The van der Waals surface area contributed by atoms with Gasteiger partial charge in [0, 0.05) is 35.2 Å². The molecule has 2 aromatic rings. The van der Waals surface area contributed by atoms with Crippen molar-refractivity contribution in [1.29, 1.82) is 0 Å². The van der Waals surface area contributed by atoms with Gasteiger partial charge in [-0.3, -0.25) is 15.2 Å². The van der Waals surface area contributed by atoms with Crippen molar-refractivity contribution >= 4 is 28.9 Å². The first-order valence-corrected chi connectivity index (χ1v) is 10.8. The number of alkyl halides is 7. The average molecular weight is 529 g/mol. The lowest BCUT2D eigenvalue weighted by Crippen LogP contribution is -2.57. The number of benzene rings is 2. The minimum atomic E-state index is -4.87. The van der Waals surface area contributed by atoms with Crippen LogP contribution in [0.2, 0.25) is 10.0 Å². The molecular formula is C22H17Cl2F7N2O. The van der Waals surface area contributed by atoms with Gasteiger partial charge in [0.15, 0.2) is 5.67 Å². The summed E-state index contributed by atoms with van der Waals surface area (Å²) in [7, 11) is 0. The highest BCUT2D eigenvalue weighted by Crippen LogP contribution is 2.48. The van der Waals surface area contributed by atoms with E-state index in [9.17, 15) is 26.3 Å². The van der Waals surface area contributed by atoms with Crippen LogP contribution in [-0.2, 0) is 16.1 Å². The Hall–Kier alpha value is -2.01. The van der Waals surface area contributed by atoms with E-state index in [1.807, 2.05) is 0 Å². The summed E-state index contributed by atoms with van der Waals surface area (Å²) in [5, 5.41) is -0.00195. The van der Waals surface area contributed by atoms with E-state index in [0.29, 0.717) is 5.56 Å². The minimum absolute atomic E-state index is 0.000974. The molecule has 0 aromatic heterocycles. The molecule has 0 amide bonds. The van der Waals surface area contributed by atoms with Crippen LogP contribution in [0.3, 0.4) is 0 Å². The summed E-state index contributed by atoms with van der Waals surface area (Å²) in [6.07, 6.45) is -9.37. The summed E-state index contributed by atoms with van der Waals surface area (Å²) in [5.41, 5.74) is -2.22.